The molecule has 0 bridgehead atoms. The fourth-order valence-electron chi connectivity index (χ4n) is 3.73. The summed E-state index contributed by atoms with van der Waals surface area (Å²) >= 11 is 0. The summed E-state index contributed by atoms with van der Waals surface area (Å²) in [5.41, 5.74) is 0.447. The van der Waals surface area contributed by atoms with Gasteiger partial charge in [-0.3, -0.25) is 9.80 Å². The predicted molar refractivity (Wildman–Crippen MR) is 98.3 cm³/mol. The van der Waals surface area contributed by atoms with Gasteiger partial charge in [-0.05, 0) is 44.6 Å². The number of nitrogens with zero attached hydrogens (tertiary/aromatic N) is 3. The molecule has 27 heavy (non-hydrogen) atoms. The van der Waals surface area contributed by atoms with Crippen LogP contribution in [0.1, 0.15) is 37.3 Å². The summed E-state index contributed by atoms with van der Waals surface area (Å²) in [5.74, 6) is 0.904. The van der Waals surface area contributed by atoms with E-state index in [1.54, 1.807) is 6.07 Å². The number of aromatic nitrogens is 1. The molecule has 1 fully saturated rings. The Bertz CT molecular complexity index is 768. The SMILES string of the molecule is CCN(CC)C1CCN(Cc2nc(-c3cccc(C(F)(F)F)c3)oc2C)C1. The number of hydrogen-bond donors (Lipinski definition) is 0. The van der Waals surface area contributed by atoms with Crippen molar-refractivity contribution >= 4 is 0 Å². The zero-order chi connectivity index (χ0) is 19.6. The van der Waals surface area contributed by atoms with Crippen LogP contribution in [0.2, 0.25) is 0 Å². The normalized spacial score (nSPS) is 18.6. The van der Waals surface area contributed by atoms with Gasteiger partial charge in [0.2, 0.25) is 5.89 Å². The molecule has 1 aromatic heterocycles. The summed E-state index contributed by atoms with van der Waals surface area (Å²) in [5, 5.41) is 0. The van der Waals surface area contributed by atoms with Crippen LogP contribution in [0, 0.1) is 6.92 Å². The lowest BCUT2D eigenvalue weighted by Gasteiger charge is -2.26. The van der Waals surface area contributed by atoms with Gasteiger partial charge in [0.05, 0.1) is 11.3 Å². The van der Waals surface area contributed by atoms with Gasteiger partial charge in [0.15, 0.2) is 0 Å². The topological polar surface area (TPSA) is 32.5 Å². The Labute approximate surface area is 158 Å². The molecule has 1 saturated heterocycles. The Hall–Kier alpha value is -1.86. The van der Waals surface area contributed by atoms with Crippen LogP contribution in [-0.4, -0.2) is 47.0 Å². The van der Waals surface area contributed by atoms with Gasteiger partial charge in [-0.2, -0.15) is 13.2 Å². The molecule has 1 aromatic carbocycles. The van der Waals surface area contributed by atoms with Gasteiger partial charge < -0.3 is 4.42 Å². The number of alkyl halides is 3. The van der Waals surface area contributed by atoms with Crippen LogP contribution < -0.4 is 0 Å². The number of benzene rings is 1. The minimum atomic E-state index is -4.38. The summed E-state index contributed by atoms with van der Waals surface area (Å²) in [7, 11) is 0. The lowest BCUT2D eigenvalue weighted by molar-refractivity contribution is -0.137. The summed E-state index contributed by atoms with van der Waals surface area (Å²) in [6.45, 7) is 10.9. The number of rotatable bonds is 6. The molecule has 148 valence electrons. The maximum absolute atomic E-state index is 12.9. The van der Waals surface area contributed by atoms with Crippen molar-refractivity contribution < 1.29 is 17.6 Å². The van der Waals surface area contributed by atoms with Gasteiger partial charge in [0.1, 0.15) is 5.76 Å². The number of aryl methyl sites for hydroxylation is 1. The third-order valence-corrected chi connectivity index (χ3v) is 5.28. The largest absolute Gasteiger partial charge is 0.441 e. The molecule has 0 saturated carbocycles. The summed E-state index contributed by atoms with van der Waals surface area (Å²) in [4.78, 5) is 9.29. The van der Waals surface area contributed by atoms with E-state index in [9.17, 15) is 13.2 Å². The molecule has 2 aromatic rings. The standard InChI is InChI=1S/C20H26F3N3O/c1-4-26(5-2)17-9-10-25(12-17)13-18-14(3)27-19(24-18)15-7-6-8-16(11-15)20(21,22)23/h6-8,11,17H,4-5,9-10,12-13H2,1-3H3. The van der Waals surface area contributed by atoms with Crippen molar-refractivity contribution in [3.05, 3.63) is 41.3 Å². The molecular weight excluding hydrogens is 355 g/mol. The highest BCUT2D eigenvalue weighted by molar-refractivity contribution is 5.55. The van der Waals surface area contributed by atoms with Gasteiger partial charge in [0.25, 0.3) is 0 Å². The number of likely N-dealkylation sites (N-methyl/N-ethyl adjacent to an activating group) is 1. The highest BCUT2D eigenvalue weighted by Crippen LogP contribution is 2.32. The molecule has 0 aliphatic carbocycles. The molecule has 1 aliphatic heterocycles. The summed E-state index contributed by atoms with van der Waals surface area (Å²) in [6, 6.07) is 5.66. The predicted octanol–water partition coefficient (Wildman–Crippen LogP) is 4.58. The van der Waals surface area contributed by atoms with E-state index in [0.717, 1.165) is 50.4 Å². The molecular formula is C20H26F3N3O. The van der Waals surface area contributed by atoms with E-state index in [1.165, 1.54) is 6.07 Å². The smallest absolute Gasteiger partial charge is 0.416 e. The van der Waals surface area contributed by atoms with E-state index in [0.29, 0.717) is 23.9 Å². The third-order valence-electron chi connectivity index (χ3n) is 5.28. The Morgan fingerprint density at radius 3 is 2.67 bits per heavy atom. The first-order valence-electron chi connectivity index (χ1n) is 9.42. The van der Waals surface area contributed by atoms with Gasteiger partial charge >= 0.3 is 6.18 Å². The summed E-state index contributed by atoms with van der Waals surface area (Å²) in [6.07, 6.45) is -3.26. The maximum atomic E-state index is 12.9. The van der Waals surface area contributed by atoms with Crippen molar-refractivity contribution in [2.24, 2.45) is 0 Å². The Morgan fingerprint density at radius 2 is 2.00 bits per heavy atom. The van der Waals surface area contributed by atoms with E-state index < -0.39 is 11.7 Å². The third kappa shape index (κ3) is 4.52. The minimum absolute atomic E-state index is 0.244. The van der Waals surface area contributed by atoms with Gasteiger partial charge in [-0.25, -0.2) is 4.98 Å². The molecule has 0 N–H and O–H groups in total. The first-order valence-corrected chi connectivity index (χ1v) is 9.42. The lowest BCUT2D eigenvalue weighted by Crippen LogP contribution is -2.37. The molecule has 1 atom stereocenters. The minimum Gasteiger partial charge on any atom is -0.441 e. The fraction of sp³-hybridized carbons (Fsp3) is 0.550. The molecule has 0 spiro atoms. The highest BCUT2D eigenvalue weighted by atomic mass is 19.4. The number of oxazole rings is 1. The molecule has 3 rings (SSSR count). The molecule has 4 nitrogen and oxygen atoms in total. The maximum Gasteiger partial charge on any atom is 0.416 e. The molecule has 0 amide bonds. The van der Waals surface area contributed by atoms with Crippen LogP contribution >= 0.6 is 0 Å². The molecule has 0 radical (unpaired) electrons. The van der Waals surface area contributed by atoms with Gasteiger partial charge in [0, 0.05) is 31.2 Å². The highest BCUT2D eigenvalue weighted by Gasteiger charge is 2.31. The van der Waals surface area contributed by atoms with Crippen LogP contribution in [0.3, 0.4) is 0 Å². The van der Waals surface area contributed by atoms with Crippen LogP contribution in [0.4, 0.5) is 13.2 Å². The van der Waals surface area contributed by atoms with E-state index in [-0.39, 0.29) is 5.89 Å². The van der Waals surface area contributed by atoms with Crippen molar-refractivity contribution in [3.63, 3.8) is 0 Å². The fourth-order valence-corrected chi connectivity index (χ4v) is 3.73. The van der Waals surface area contributed by atoms with E-state index in [2.05, 4.69) is 28.6 Å². The Balaban J connectivity index is 1.73. The molecule has 7 heteroatoms. The van der Waals surface area contributed by atoms with Crippen molar-refractivity contribution in [2.75, 3.05) is 26.2 Å². The molecule has 1 aliphatic rings. The molecule has 1 unspecified atom stereocenters. The monoisotopic (exact) mass is 381 g/mol. The van der Waals surface area contributed by atoms with Crippen LogP contribution in [0.25, 0.3) is 11.5 Å². The second-order valence-corrected chi connectivity index (χ2v) is 7.00. The number of likely N-dealkylation sites (tertiary alicyclic amines) is 1. The van der Waals surface area contributed by atoms with E-state index in [1.807, 2.05) is 6.92 Å². The summed E-state index contributed by atoms with van der Waals surface area (Å²) < 4.78 is 44.5. The number of halogens is 3. The van der Waals surface area contributed by atoms with Gasteiger partial charge in [-0.15, -0.1) is 0 Å². The number of hydrogen-bond acceptors (Lipinski definition) is 4. The van der Waals surface area contributed by atoms with Crippen molar-refractivity contribution in [3.8, 4) is 11.5 Å². The quantitative estimate of drug-likeness (QED) is 0.733. The molecule has 2 heterocycles. The lowest BCUT2D eigenvalue weighted by atomic mass is 10.1. The Kier molecular flexibility index (Phi) is 5.91. The Morgan fingerprint density at radius 1 is 1.26 bits per heavy atom. The zero-order valence-corrected chi connectivity index (χ0v) is 16.0. The van der Waals surface area contributed by atoms with Crippen molar-refractivity contribution in [1.82, 2.24) is 14.8 Å². The van der Waals surface area contributed by atoms with Crippen LogP contribution in [0.15, 0.2) is 28.7 Å². The van der Waals surface area contributed by atoms with Crippen LogP contribution in [-0.2, 0) is 12.7 Å². The van der Waals surface area contributed by atoms with Gasteiger partial charge in [-0.1, -0.05) is 19.9 Å². The van der Waals surface area contributed by atoms with E-state index in [4.69, 9.17) is 4.42 Å². The van der Waals surface area contributed by atoms with Crippen molar-refractivity contribution in [1.29, 1.82) is 0 Å². The second-order valence-electron chi connectivity index (χ2n) is 7.00. The van der Waals surface area contributed by atoms with Crippen LogP contribution in [0.5, 0.6) is 0 Å². The zero-order valence-electron chi connectivity index (χ0n) is 16.0. The van der Waals surface area contributed by atoms with Crippen molar-refractivity contribution in [2.45, 2.75) is 46.0 Å². The second kappa shape index (κ2) is 8.02. The average molecular weight is 381 g/mol. The van der Waals surface area contributed by atoms with E-state index >= 15 is 0 Å². The average Bonchev–Trinajstić information content (AvgIpc) is 3.23. The first kappa shape index (κ1) is 19.9. The first-order chi connectivity index (χ1) is 12.8.